The van der Waals surface area contributed by atoms with Crippen LogP contribution in [0.25, 0.3) is 22.0 Å². The minimum Gasteiger partial charge on any atom is -0.488 e. The number of carboxylic acids is 1. The maximum absolute atomic E-state index is 11.5. The Balaban J connectivity index is 1.16. The molecule has 0 saturated carbocycles. The quantitative estimate of drug-likeness (QED) is 0.0721. The Morgan fingerprint density at radius 3 is 2.69 bits per heavy atom. The monoisotopic (exact) mass is 815 g/mol. The van der Waals surface area contributed by atoms with Crippen molar-refractivity contribution < 1.29 is 29.3 Å². The second kappa shape index (κ2) is 18.3. The van der Waals surface area contributed by atoms with E-state index in [4.69, 9.17) is 26.2 Å². The summed E-state index contributed by atoms with van der Waals surface area (Å²) >= 11 is 10.5. The van der Waals surface area contributed by atoms with Crippen LogP contribution in [-0.4, -0.2) is 68.6 Å². The van der Waals surface area contributed by atoms with Gasteiger partial charge in [-0.3, -0.25) is 24.6 Å². The number of hydrogen-bond acceptors (Lipinski definition) is 10. The second-order valence-corrected chi connectivity index (χ2v) is 14.1. The average molecular weight is 817 g/mol. The summed E-state index contributed by atoms with van der Waals surface area (Å²) in [4.78, 5) is 27.0. The SMILES string of the molecule is N#Cc1cncc(COc2cc(OCc3cccc(-c4cccc5c4cnn5CCCNCC4CCC(=O)N4)c3Br)c(Cl)cc2CN[C@@H](CO)C(=O)O)c1. The largest absolute Gasteiger partial charge is 0.488 e. The molecule has 3 heterocycles. The number of carboxylic acid groups (broad SMARTS) is 1. The molecule has 1 amide bonds. The van der Waals surface area contributed by atoms with Crippen molar-refractivity contribution >= 4 is 50.3 Å². The second-order valence-electron chi connectivity index (χ2n) is 12.9. The molecule has 0 radical (unpaired) electrons. The first-order valence-corrected chi connectivity index (χ1v) is 18.6. The number of carbonyl (C=O) groups excluding carboxylic acids is 1. The fraction of sp³-hybridized carbons (Fsp3) is 0.308. The van der Waals surface area contributed by atoms with E-state index in [2.05, 4.69) is 55.1 Å². The molecule has 280 valence electrons. The number of nitrogens with zero attached hydrogens (tertiary/aromatic N) is 4. The lowest BCUT2D eigenvalue weighted by atomic mass is 10.00. The fourth-order valence-corrected chi connectivity index (χ4v) is 7.08. The Labute approximate surface area is 325 Å². The molecule has 54 heavy (non-hydrogen) atoms. The highest BCUT2D eigenvalue weighted by atomic mass is 79.9. The third-order valence-corrected chi connectivity index (χ3v) is 10.3. The molecule has 0 aliphatic carbocycles. The van der Waals surface area contributed by atoms with Crippen molar-refractivity contribution in [3.63, 3.8) is 0 Å². The highest BCUT2D eigenvalue weighted by Crippen LogP contribution is 2.38. The standard InChI is InChI=1S/C39H39BrClN7O6/c40-38-26(4-1-6-30(38)29-5-2-7-34-31(29)20-46-48(34)11-3-10-43-19-28-8-9-37(50)47-28)23-54-36-14-35(53-22-25-12-24(15-42)16-44-17-25)27(13-32(36)41)18-45-33(21-49)39(51)52/h1-2,4-7,12-14,16-17,20,28,33,43,45,49H,3,8-11,18-19,21-23H2,(H,47,50)(H,51,52)/t28?,33-/m0/s1. The van der Waals surface area contributed by atoms with Crippen LogP contribution in [0.5, 0.6) is 11.5 Å². The molecule has 1 aliphatic heterocycles. The number of ether oxygens (including phenoxy) is 2. The van der Waals surface area contributed by atoms with E-state index in [1.807, 2.05) is 35.1 Å². The van der Waals surface area contributed by atoms with Gasteiger partial charge in [-0.2, -0.15) is 10.4 Å². The molecule has 13 nitrogen and oxygen atoms in total. The summed E-state index contributed by atoms with van der Waals surface area (Å²) in [7, 11) is 0. The van der Waals surface area contributed by atoms with E-state index < -0.39 is 18.6 Å². The molecule has 1 saturated heterocycles. The van der Waals surface area contributed by atoms with Gasteiger partial charge in [-0.05, 0) is 64.6 Å². The molecule has 2 aromatic heterocycles. The van der Waals surface area contributed by atoms with Gasteiger partial charge in [0.2, 0.25) is 5.91 Å². The first-order chi connectivity index (χ1) is 26.2. The van der Waals surface area contributed by atoms with E-state index in [-0.39, 0.29) is 36.7 Å². The molecule has 6 rings (SSSR count). The molecule has 0 bridgehead atoms. The van der Waals surface area contributed by atoms with Gasteiger partial charge in [0.05, 0.1) is 28.9 Å². The number of carbonyl (C=O) groups is 2. The lowest BCUT2D eigenvalue weighted by Gasteiger charge is -2.18. The smallest absolute Gasteiger partial charge is 0.323 e. The summed E-state index contributed by atoms with van der Waals surface area (Å²) in [5.74, 6) is -0.348. The zero-order valence-corrected chi connectivity index (χ0v) is 31.6. The molecule has 5 aromatic rings. The van der Waals surface area contributed by atoms with Crippen LogP contribution < -0.4 is 25.4 Å². The molecule has 1 unspecified atom stereocenters. The van der Waals surface area contributed by atoms with Crippen molar-refractivity contribution in [2.45, 2.75) is 57.6 Å². The van der Waals surface area contributed by atoms with Crippen molar-refractivity contribution in [1.29, 1.82) is 5.26 Å². The van der Waals surface area contributed by atoms with Crippen molar-refractivity contribution in [1.82, 2.24) is 30.7 Å². The fourth-order valence-electron chi connectivity index (χ4n) is 6.24. The zero-order chi connectivity index (χ0) is 38.0. The Bertz CT molecular complexity index is 2170. The first kappa shape index (κ1) is 38.7. The number of benzene rings is 3. The van der Waals surface area contributed by atoms with Crippen molar-refractivity contribution in [3.05, 3.63) is 105 Å². The zero-order valence-electron chi connectivity index (χ0n) is 29.2. The lowest BCUT2D eigenvalue weighted by Crippen LogP contribution is -2.39. The maximum atomic E-state index is 11.5. The number of aryl methyl sites for hydroxylation is 1. The summed E-state index contributed by atoms with van der Waals surface area (Å²) in [6, 6.07) is 18.1. The number of rotatable bonds is 18. The third-order valence-electron chi connectivity index (χ3n) is 9.09. The molecule has 15 heteroatoms. The van der Waals surface area contributed by atoms with E-state index >= 15 is 0 Å². The number of aliphatic carboxylic acids is 1. The van der Waals surface area contributed by atoms with Crippen molar-refractivity contribution in [2.24, 2.45) is 0 Å². The number of pyridine rings is 1. The molecular weight excluding hydrogens is 778 g/mol. The number of amides is 1. The number of hydrogen-bond donors (Lipinski definition) is 5. The van der Waals surface area contributed by atoms with Crippen LogP contribution in [0.1, 0.15) is 41.5 Å². The van der Waals surface area contributed by atoms with Crippen LogP contribution in [0, 0.1) is 11.3 Å². The van der Waals surface area contributed by atoms with Crippen LogP contribution in [0.2, 0.25) is 5.02 Å². The van der Waals surface area contributed by atoms with Gasteiger partial charge in [0.15, 0.2) is 0 Å². The number of aliphatic hydroxyl groups excluding tert-OH is 1. The number of nitriles is 1. The van der Waals surface area contributed by atoms with Crippen LogP contribution in [0.4, 0.5) is 0 Å². The van der Waals surface area contributed by atoms with E-state index in [1.54, 1.807) is 24.4 Å². The van der Waals surface area contributed by atoms with Gasteiger partial charge in [0.1, 0.15) is 36.8 Å². The molecule has 3 aromatic carbocycles. The van der Waals surface area contributed by atoms with E-state index in [9.17, 15) is 25.1 Å². The predicted molar refractivity (Wildman–Crippen MR) is 206 cm³/mol. The number of nitrogens with one attached hydrogen (secondary N) is 3. The average Bonchev–Trinajstić information content (AvgIpc) is 3.80. The Morgan fingerprint density at radius 1 is 1.09 bits per heavy atom. The maximum Gasteiger partial charge on any atom is 0.323 e. The van der Waals surface area contributed by atoms with Crippen LogP contribution in [0.15, 0.2) is 77.7 Å². The normalized spacial score (nSPS) is 14.5. The highest BCUT2D eigenvalue weighted by Gasteiger charge is 2.21. The number of halogens is 2. The molecule has 2 atom stereocenters. The van der Waals surface area contributed by atoms with Gasteiger partial charge in [-0.1, -0.05) is 41.9 Å². The lowest BCUT2D eigenvalue weighted by molar-refractivity contribution is -0.140. The third kappa shape index (κ3) is 9.54. The summed E-state index contributed by atoms with van der Waals surface area (Å²) in [5, 5.41) is 43.4. The van der Waals surface area contributed by atoms with Crippen LogP contribution in [0.3, 0.4) is 0 Å². The minimum absolute atomic E-state index is 0.0390. The van der Waals surface area contributed by atoms with Gasteiger partial charge in [0.25, 0.3) is 0 Å². The first-order valence-electron chi connectivity index (χ1n) is 17.5. The Morgan fingerprint density at radius 2 is 1.91 bits per heavy atom. The van der Waals surface area contributed by atoms with Gasteiger partial charge >= 0.3 is 5.97 Å². The van der Waals surface area contributed by atoms with E-state index in [0.29, 0.717) is 34.6 Å². The molecular formula is C39H39BrClN7O6. The Kier molecular flexibility index (Phi) is 13.1. The predicted octanol–water partition coefficient (Wildman–Crippen LogP) is 5.34. The van der Waals surface area contributed by atoms with Gasteiger partial charge in [-0.25, -0.2) is 0 Å². The van der Waals surface area contributed by atoms with Gasteiger partial charge in [-0.15, -0.1) is 0 Å². The molecule has 0 spiro atoms. The molecule has 1 fully saturated rings. The highest BCUT2D eigenvalue weighted by molar-refractivity contribution is 9.10. The number of fused-ring (bicyclic) bond motifs is 1. The van der Waals surface area contributed by atoms with Crippen LogP contribution >= 0.6 is 27.5 Å². The topological polar surface area (TPSA) is 184 Å². The summed E-state index contributed by atoms with van der Waals surface area (Å²) < 4.78 is 15.3. The van der Waals surface area contributed by atoms with Crippen molar-refractivity contribution in [3.8, 4) is 28.7 Å². The summed E-state index contributed by atoms with van der Waals surface area (Å²) in [6.45, 7) is 2.02. The molecule has 1 aliphatic rings. The number of aromatic nitrogens is 3. The van der Waals surface area contributed by atoms with E-state index in [0.717, 1.165) is 64.5 Å². The van der Waals surface area contributed by atoms with Gasteiger partial charge in [0, 0.05) is 77.1 Å². The van der Waals surface area contributed by atoms with E-state index in [1.165, 1.54) is 6.20 Å². The minimum atomic E-state index is -1.19. The molecule has 5 N–H and O–H groups in total. The Hall–Kier alpha value is -5.04. The van der Waals surface area contributed by atoms with Gasteiger partial charge < -0.3 is 30.3 Å². The van der Waals surface area contributed by atoms with Crippen LogP contribution in [-0.2, 0) is 35.9 Å². The summed E-state index contributed by atoms with van der Waals surface area (Å²) in [6.07, 6.45) is 7.31. The number of aliphatic hydroxyl groups is 1. The summed E-state index contributed by atoms with van der Waals surface area (Å²) in [5.41, 5.74) is 5.49. The van der Waals surface area contributed by atoms with Crippen molar-refractivity contribution in [2.75, 3.05) is 19.7 Å².